The number of nitrogens with one attached hydrogen (secondary N) is 1. The molecule has 1 aromatic carbocycles. The van der Waals surface area contributed by atoms with Gasteiger partial charge >= 0.3 is 0 Å². The van der Waals surface area contributed by atoms with Crippen molar-refractivity contribution in [3.05, 3.63) is 41.6 Å². The Morgan fingerprint density at radius 3 is 2.82 bits per heavy atom. The molecular formula is C12H14N4S. The number of aromatic nitrogens is 2. The Hall–Kier alpha value is -1.59. The van der Waals surface area contributed by atoms with Crippen molar-refractivity contribution in [2.75, 3.05) is 5.43 Å². The third-order valence-corrected chi connectivity index (χ3v) is 3.41. The topological polar surface area (TPSA) is 63.8 Å². The molecule has 2 rings (SSSR count). The minimum atomic E-state index is 0.431. The first kappa shape index (κ1) is 11.9. The molecule has 0 aliphatic carbocycles. The highest BCUT2D eigenvalue weighted by atomic mass is 32.2. The van der Waals surface area contributed by atoms with Crippen molar-refractivity contribution in [3.8, 4) is 0 Å². The molecule has 3 N–H and O–H groups in total. The summed E-state index contributed by atoms with van der Waals surface area (Å²) in [7, 11) is 0. The maximum atomic E-state index is 5.28. The maximum Gasteiger partial charge on any atom is 0.238 e. The lowest BCUT2D eigenvalue weighted by atomic mass is 10.2. The van der Waals surface area contributed by atoms with Crippen molar-refractivity contribution in [1.82, 2.24) is 9.97 Å². The quantitative estimate of drug-likeness (QED) is 0.495. The van der Waals surface area contributed by atoms with Crippen molar-refractivity contribution in [3.63, 3.8) is 0 Å². The van der Waals surface area contributed by atoms with Gasteiger partial charge in [0.15, 0.2) is 0 Å². The summed E-state index contributed by atoms with van der Waals surface area (Å²) in [6.07, 6.45) is 1.69. The molecule has 0 unspecified atom stereocenters. The number of nitrogens with zero attached hydrogens (tertiary/aromatic N) is 2. The molecule has 0 saturated heterocycles. The second-order valence-corrected chi connectivity index (χ2v) is 4.80. The van der Waals surface area contributed by atoms with E-state index in [9.17, 15) is 0 Å². The number of hydrazine groups is 1. The Labute approximate surface area is 105 Å². The van der Waals surface area contributed by atoms with E-state index in [1.54, 1.807) is 18.0 Å². The molecular weight excluding hydrogens is 232 g/mol. The molecule has 0 atom stereocenters. The molecule has 0 spiro atoms. The molecule has 0 fully saturated rings. The number of benzene rings is 1. The van der Waals surface area contributed by atoms with E-state index >= 15 is 0 Å². The van der Waals surface area contributed by atoms with Gasteiger partial charge in [-0.15, -0.1) is 0 Å². The van der Waals surface area contributed by atoms with Gasteiger partial charge in [0.1, 0.15) is 5.03 Å². The average Bonchev–Trinajstić information content (AvgIpc) is 2.34. The highest BCUT2D eigenvalue weighted by Crippen LogP contribution is 2.29. The van der Waals surface area contributed by atoms with Crippen LogP contribution >= 0.6 is 11.8 Å². The summed E-state index contributed by atoms with van der Waals surface area (Å²) < 4.78 is 0. The third-order valence-electron chi connectivity index (χ3n) is 2.32. The number of aryl methyl sites for hydroxylation is 2. The van der Waals surface area contributed by atoms with Crippen molar-refractivity contribution in [2.24, 2.45) is 5.84 Å². The van der Waals surface area contributed by atoms with Gasteiger partial charge in [-0.25, -0.2) is 15.8 Å². The van der Waals surface area contributed by atoms with E-state index in [2.05, 4.69) is 47.4 Å². The van der Waals surface area contributed by atoms with Gasteiger partial charge in [0.05, 0.1) is 0 Å². The molecule has 5 heteroatoms. The Morgan fingerprint density at radius 2 is 2.06 bits per heavy atom. The zero-order valence-corrected chi connectivity index (χ0v) is 10.6. The fourth-order valence-electron chi connectivity index (χ4n) is 1.40. The van der Waals surface area contributed by atoms with Crippen LogP contribution in [0.25, 0.3) is 0 Å². The van der Waals surface area contributed by atoms with Gasteiger partial charge in [-0.3, -0.25) is 5.43 Å². The summed E-state index contributed by atoms with van der Waals surface area (Å²) in [4.78, 5) is 9.45. The molecule has 0 aliphatic rings. The standard InChI is InChI=1S/C12H14N4S/c1-8-3-4-9(2)10(7-8)17-11-5-6-14-12(15-11)16-13/h3-7H,13H2,1-2H3,(H,14,15,16). The number of anilines is 1. The Morgan fingerprint density at radius 1 is 1.24 bits per heavy atom. The Kier molecular flexibility index (Phi) is 3.61. The van der Waals surface area contributed by atoms with E-state index in [1.807, 2.05) is 6.07 Å². The fraction of sp³-hybridized carbons (Fsp3) is 0.167. The molecule has 0 saturated carbocycles. The molecule has 4 nitrogen and oxygen atoms in total. The second kappa shape index (κ2) is 5.16. The van der Waals surface area contributed by atoms with Gasteiger partial charge in [0, 0.05) is 11.1 Å². The summed E-state index contributed by atoms with van der Waals surface area (Å²) in [5.74, 6) is 5.71. The molecule has 1 aromatic heterocycles. The van der Waals surface area contributed by atoms with Crippen LogP contribution in [0.2, 0.25) is 0 Å². The minimum Gasteiger partial charge on any atom is -0.292 e. The van der Waals surface area contributed by atoms with Crippen LogP contribution < -0.4 is 11.3 Å². The molecule has 0 radical (unpaired) electrons. The monoisotopic (exact) mass is 246 g/mol. The number of hydrogen-bond acceptors (Lipinski definition) is 5. The van der Waals surface area contributed by atoms with Crippen LogP contribution in [0.4, 0.5) is 5.95 Å². The van der Waals surface area contributed by atoms with Crippen molar-refractivity contribution in [2.45, 2.75) is 23.8 Å². The zero-order valence-electron chi connectivity index (χ0n) is 9.77. The largest absolute Gasteiger partial charge is 0.292 e. The summed E-state index contributed by atoms with van der Waals surface area (Å²) in [5, 5.41) is 0.877. The predicted octanol–water partition coefficient (Wildman–Crippen LogP) is 2.53. The van der Waals surface area contributed by atoms with Crippen LogP contribution in [0.15, 0.2) is 40.4 Å². The fourth-order valence-corrected chi connectivity index (χ4v) is 2.36. The first-order valence-corrected chi connectivity index (χ1v) is 6.05. The lowest BCUT2D eigenvalue weighted by Crippen LogP contribution is -2.10. The Balaban J connectivity index is 2.27. The first-order chi connectivity index (χ1) is 8.19. The summed E-state index contributed by atoms with van der Waals surface area (Å²) in [6, 6.07) is 8.23. The van der Waals surface area contributed by atoms with Crippen LogP contribution in [-0.4, -0.2) is 9.97 Å². The minimum absolute atomic E-state index is 0.431. The molecule has 0 bridgehead atoms. The molecule has 2 aromatic rings. The Bertz CT molecular complexity index is 528. The predicted molar refractivity (Wildman–Crippen MR) is 69.9 cm³/mol. The van der Waals surface area contributed by atoms with Gasteiger partial charge in [-0.05, 0) is 37.1 Å². The average molecular weight is 246 g/mol. The van der Waals surface area contributed by atoms with Crippen LogP contribution in [0, 0.1) is 13.8 Å². The van der Waals surface area contributed by atoms with Gasteiger partial charge in [-0.1, -0.05) is 23.9 Å². The van der Waals surface area contributed by atoms with Crippen LogP contribution in [0.1, 0.15) is 11.1 Å². The number of nitrogen functional groups attached to an aromatic ring is 1. The second-order valence-electron chi connectivity index (χ2n) is 3.73. The number of rotatable bonds is 3. The van der Waals surface area contributed by atoms with Crippen LogP contribution in [-0.2, 0) is 0 Å². The molecule has 17 heavy (non-hydrogen) atoms. The summed E-state index contributed by atoms with van der Waals surface area (Å²) in [5.41, 5.74) is 4.92. The molecule has 88 valence electrons. The molecule has 0 amide bonds. The van der Waals surface area contributed by atoms with E-state index in [0.717, 1.165) is 5.03 Å². The van der Waals surface area contributed by atoms with E-state index in [4.69, 9.17) is 5.84 Å². The lowest BCUT2D eigenvalue weighted by Gasteiger charge is -2.06. The zero-order chi connectivity index (χ0) is 12.3. The first-order valence-electron chi connectivity index (χ1n) is 5.24. The van der Waals surface area contributed by atoms with Crippen molar-refractivity contribution in [1.29, 1.82) is 0 Å². The smallest absolute Gasteiger partial charge is 0.238 e. The van der Waals surface area contributed by atoms with Gasteiger partial charge < -0.3 is 0 Å². The maximum absolute atomic E-state index is 5.28. The highest BCUT2D eigenvalue weighted by molar-refractivity contribution is 7.99. The third kappa shape index (κ3) is 2.95. The summed E-state index contributed by atoms with van der Waals surface area (Å²) in [6.45, 7) is 4.17. The van der Waals surface area contributed by atoms with Gasteiger partial charge in [0.25, 0.3) is 0 Å². The van der Waals surface area contributed by atoms with E-state index < -0.39 is 0 Å². The normalized spacial score (nSPS) is 10.3. The SMILES string of the molecule is Cc1ccc(C)c(Sc2ccnc(NN)n2)c1. The molecule has 1 heterocycles. The van der Waals surface area contributed by atoms with Crippen molar-refractivity contribution < 1.29 is 0 Å². The number of nitrogens with two attached hydrogens (primary N) is 1. The van der Waals surface area contributed by atoms with E-state index in [0.29, 0.717) is 5.95 Å². The molecule has 0 aliphatic heterocycles. The highest BCUT2D eigenvalue weighted by Gasteiger charge is 2.04. The lowest BCUT2D eigenvalue weighted by molar-refractivity contribution is 1.03. The van der Waals surface area contributed by atoms with Crippen LogP contribution in [0.3, 0.4) is 0 Å². The van der Waals surface area contributed by atoms with Gasteiger partial charge in [-0.2, -0.15) is 0 Å². The van der Waals surface area contributed by atoms with E-state index in [-0.39, 0.29) is 0 Å². The number of hydrogen-bond donors (Lipinski definition) is 2. The van der Waals surface area contributed by atoms with E-state index in [1.165, 1.54) is 16.0 Å². The van der Waals surface area contributed by atoms with Gasteiger partial charge in [0.2, 0.25) is 5.95 Å². The summed E-state index contributed by atoms with van der Waals surface area (Å²) >= 11 is 1.61. The van der Waals surface area contributed by atoms with Crippen molar-refractivity contribution >= 4 is 17.7 Å². The van der Waals surface area contributed by atoms with Crippen LogP contribution in [0.5, 0.6) is 0 Å².